The van der Waals surface area contributed by atoms with Crippen molar-refractivity contribution in [3.63, 3.8) is 0 Å². The second-order valence-electron chi connectivity index (χ2n) is 4.14. The van der Waals surface area contributed by atoms with E-state index in [1.165, 1.54) is 6.07 Å². The molecule has 3 nitrogen and oxygen atoms in total. The molecular weight excluding hydrogens is 311 g/mol. The van der Waals surface area contributed by atoms with Crippen LogP contribution in [-0.2, 0) is 0 Å². The first-order valence-electron chi connectivity index (χ1n) is 5.60. The first-order chi connectivity index (χ1) is 8.97. The number of carbonyl (C=O) groups excluding carboxylic acids is 1. The van der Waals surface area contributed by atoms with Gasteiger partial charge in [-0.3, -0.25) is 4.79 Å². The quantitative estimate of drug-likeness (QED) is 0.828. The number of benzene rings is 2. The largest absolute Gasteiger partial charge is 0.399 e. The molecule has 0 aromatic heterocycles. The Morgan fingerprint density at radius 1 is 1.32 bits per heavy atom. The maximum Gasteiger partial charge on any atom is 0.255 e. The lowest BCUT2D eigenvalue weighted by molar-refractivity contribution is 0.102. The normalized spacial score (nSPS) is 10.3. The molecule has 3 N–H and O–H groups in total. The molecule has 98 valence electrons. The average Bonchev–Trinajstić information content (AvgIpc) is 2.33. The minimum absolute atomic E-state index is 0.332. The molecule has 19 heavy (non-hydrogen) atoms. The highest BCUT2D eigenvalue weighted by Gasteiger charge is 2.10. The summed E-state index contributed by atoms with van der Waals surface area (Å²) >= 11 is 3.27. The summed E-state index contributed by atoms with van der Waals surface area (Å²) in [6, 6.07) is 9.46. The van der Waals surface area contributed by atoms with Gasteiger partial charge >= 0.3 is 0 Å². The predicted octanol–water partition coefficient (Wildman–Crippen LogP) is 3.73. The van der Waals surface area contributed by atoms with Gasteiger partial charge in [-0.15, -0.1) is 0 Å². The zero-order chi connectivity index (χ0) is 14.0. The number of hydrogen-bond donors (Lipinski definition) is 2. The Labute approximate surface area is 118 Å². The Balaban J connectivity index is 2.28. The van der Waals surface area contributed by atoms with Gasteiger partial charge in [0.2, 0.25) is 0 Å². The second-order valence-corrected chi connectivity index (χ2v) is 5.06. The molecule has 0 unspecified atom stereocenters. The first-order valence-corrected chi connectivity index (χ1v) is 6.39. The van der Waals surface area contributed by atoms with Crippen LogP contribution in [0.3, 0.4) is 0 Å². The van der Waals surface area contributed by atoms with Gasteiger partial charge in [0.15, 0.2) is 0 Å². The summed E-state index contributed by atoms with van der Waals surface area (Å²) in [6.45, 7) is 1.61. The number of nitrogens with one attached hydrogen (secondary N) is 1. The maximum absolute atomic E-state index is 13.4. The van der Waals surface area contributed by atoms with Crippen LogP contribution in [0, 0.1) is 12.7 Å². The van der Waals surface area contributed by atoms with E-state index in [1.54, 1.807) is 37.3 Å². The van der Waals surface area contributed by atoms with E-state index in [1.807, 2.05) is 0 Å². The van der Waals surface area contributed by atoms with Gasteiger partial charge < -0.3 is 11.1 Å². The minimum Gasteiger partial charge on any atom is -0.399 e. The number of nitrogen functional groups attached to an aromatic ring is 1. The molecule has 0 radical (unpaired) electrons. The summed E-state index contributed by atoms with van der Waals surface area (Å²) in [5, 5.41) is 2.67. The van der Waals surface area contributed by atoms with Crippen molar-refractivity contribution in [3.05, 3.63) is 57.8 Å². The molecule has 0 heterocycles. The van der Waals surface area contributed by atoms with E-state index in [0.717, 1.165) is 0 Å². The fraction of sp³-hybridized carbons (Fsp3) is 0.0714. The van der Waals surface area contributed by atoms with Crippen molar-refractivity contribution < 1.29 is 9.18 Å². The van der Waals surface area contributed by atoms with Crippen molar-refractivity contribution in [2.75, 3.05) is 11.1 Å². The summed E-state index contributed by atoms with van der Waals surface area (Å²) in [5.41, 5.74) is 7.42. The van der Waals surface area contributed by atoms with Crippen molar-refractivity contribution in [1.82, 2.24) is 0 Å². The fourth-order valence-corrected chi connectivity index (χ4v) is 2.19. The van der Waals surface area contributed by atoms with Crippen LogP contribution in [0.25, 0.3) is 0 Å². The number of halogens is 2. The summed E-state index contributed by atoms with van der Waals surface area (Å²) in [7, 11) is 0. The Bertz CT molecular complexity index is 623. The van der Waals surface area contributed by atoms with Crippen LogP contribution < -0.4 is 11.1 Å². The van der Waals surface area contributed by atoms with E-state index >= 15 is 0 Å². The third kappa shape index (κ3) is 3.12. The standard InChI is InChI=1S/C14H12BrFN2O/c1-8-12(16)3-2-4-13(8)18-14(19)9-5-10(15)7-11(17)6-9/h2-7H,17H2,1H3,(H,18,19). The van der Waals surface area contributed by atoms with Crippen molar-refractivity contribution in [2.24, 2.45) is 0 Å². The van der Waals surface area contributed by atoms with Gasteiger partial charge in [-0.05, 0) is 37.3 Å². The SMILES string of the molecule is Cc1c(F)cccc1NC(=O)c1cc(N)cc(Br)c1. The second kappa shape index (κ2) is 5.40. The Hall–Kier alpha value is -1.88. The number of hydrogen-bond acceptors (Lipinski definition) is 2. The zero-order valence-electron chi connectivity index (χ0n) is 10.2. The Kier molecular flexibility index (Phi) is 3.85. The third-order valence-corrected chi connectivity index (χ3v) is 3.16. The third-order valence-electron chi connectivity index (χ3n) is 2.70. The summed E-state index contributed by atoms with van der Waals surface area (Å²) < 4.78 is 14.1. The number of rotatable bonds is 2. The average molecular weight is 323 g/mol. The lowest BCUT2D eigenvalue weighted by Crippen LogP contribution is -2.13. The number of carbonyl (C=O) groups is 1. The molecule has 0 saturated carbocycles. The molecule has 0 spiro atoms. The van der Waals surface area contributed by atoms with Gasteiger partial charge in [0, 0.05) is 27.0 Å². The maximum atomic E-state index is 13.4. The van der Waals surface area contributed by atoms with Crippen LogP contribution in [0.15, 0.2) is 40.9 Å². The summed E-state index contributed by atoms with van der Waals surface area (Å²) in [6.07, 6.45) is 0. The van der Waals surface area contributed by atoms with Crippen molar-refractivity contribution in [1.29, 1.82) is 0 Å². The molecule has 0 fully saturated rings. The highest BCUT2D eigenvalue weighted by atomic mass is 79.9. The first kappa shape index (κ1) is 13.5. The van der Waals surface area contributed by atoms with Crippen LogP contribution in [-0.4, -0.2) is 5.91 Å². The predicted molar refractivity (Wildman–Crippen MR) is 77.6 cm³/mol. The van der Waals surface area contributed by atoms with Gasteiger partial charge in [-0.25, -0.2) is 4.39 Å². The van der Waals surface area contributed by atoms with E-state index in [4.69, 9.17) is 5.73 Å². The van der Waals surface area contributed by atoms with Gasteiger partial charge in [0.1, 0.15) is 5.82 Å². The van der Waals surface area contributed by atoms with E-state index in [0.29, 0.717) is 27.0 Å². The lowest BCUT2D eigenvalue weighted by Gasteiger charge is -2.09. The number of nitrogens with two attached hydrogens (primary N) is 1. The van der Waals surface area contributed by atoms with Crippen LogP contribution in [0.2, 0.25) is 0 Å². The topological polar surface area (TPSA) is 55.1 Å². The fourth-order valence-electron chi connectivity index (χ4n) is 1.68. The smallest absolute Gasteiger partial charge is 0.255 e. The molecule has 1 amide bonds. The van der Waals surface area contributed by atoms with Crippen molar-refractivity contribution in [2.45, 2.75) is 6.92 Å². The molecule has 0 saturated heterocycles. The van der Waals surface area contributed by atoms with E-state index in [-0.39, 0.29) is 11.7 Å². The van der Waals surface area contributed by atoms with Gasteiger partial charge in [-0.2, -0.15) is 0 Å². The molecule has 5 heteroatoms. The number of anilines is 2. The molecule has 0 aliphatic carbocycles. The zero-order valence-corrected chi connectivity index (χ0v) is 11.8. The molecule has 2 rings (SSSR count). The van der Waals surface area contributed by atoms with Crippen LogP contribution in [0.4, 0.5) is 15.8 Å². The van der Waals surface area contributed by atoms with Crippen LogP contribution >= 0.6 is 15.9 Å². The van der Waals surface area contributed by atoms with Gasteiger partial charge in [0.05, 0.1) is 0 Å². The van der Waals surface area contributed by atoms with E-state index in [2.05, 4.69) is 21.2 Å². The van der Waals surface area contributed by atoms with Crippen LogP contribution in [0.5, 0.6) is 0 Å². The highest BCUT2D eigenvalue weighted by Crippen LogP contribution is 2.21. The van der Waals surface area contributed by atoms with E-state index in [9.17, 15) is 9.18 Å². The monoisotopic (exact) mass is 322 g/mol. The Morgan fingerprint density at radius 3 is 2.74 bits per heavy atom. The summed E-state index contributed by atoms with van der Waals surface area (Å²) in [4.78, 5) is 12.1. The molecular formula is C14H12BrFN2O. The van der Waals surface area contributed by atoms with Gasteiger partial charge in [0.25, 0.3) is 5.91 Å². The molecule has 0 atom stereocenters. The van der Waals surface area contributed by atoms with Crippen molar-refractivity contribution >= 4 is 33.2 Å². The number of amides is 1. The van der Waals surface area contributed by atoms with Crippen LogP contribution in [0.1, 0.15) is 15.9 Å². The molecule has 2 aromatic carbocycles. The molecule has 0 aliphatic rings. The summed E-state index contributed by atoms with van der Waals surface area (Å²) in [5.74, 6) is -0.687. The minimum atomic E-state index is -0.355. The van der Waals surface area contributed by atoms with E-state index < -0.39 is 0 Å². The molecule has 0 aliphatic heterocycles. The van der Waals surface area contributed by atoms with Crippen molar-refractivity contribution in [3.8, 4) is 0 Å². The molecule has 2 aromatic rings. The molecule has 0 bridgehead atoms. The highest BCUT2D eigenvalue weighted by molar-refractivity contribution is 9.10. The Morgan fingerprint density at radius 2 is 2.05 bits per heavy atom. The lowest BCUT2D eigenvalue weighted by atomic mass is 10.1. The van der Waals surface area contributed by atoms with Gasteiger partial charge in [-0.1, -0.05) is 22.0 Å².